The van der Waals surface area contributed by atoms with Crippen LogP contribution in [0.2, 0.25) is 0 Å². The molecular weight excluding hydrogens is 303 g/mol. The van der Waals surface area contributed by atoms with Gasteiger partial charge in [-0.1, -0.05) is 6.07 Å². The molecule has 1 aromatic carbocycles. The van der Waals surface area contributed by atoms with E-state index in [4.69, 9.17) is 10.2 Å². The fourth-order valence-electron chi connectivity index (χ4n) is 2.35. The van der Waals surface area contributed by atoms with Gasteiger partial charge >= 0.3 is 5.97 Å². The van der Waals surface area contributed by atoms with Crippen LogP contribution in [0.5, 0.6) is 0 Å². The lowest BCUT2D eigenvalue weighted by Gasteiger charge is -2.18. The van der Waals surface area contributed by atoms with Crippen molar-refractivity contribution in [2.45, 2.75) is 6.42 Å². The van der Waals surface area contributed by atoms with Crippen molar-refractivity contribution in [3.63, 3.8) is 0 Å². The van der Waals surface area contributed by atoms with Gasteiger partial charge in [-0.3, -0.25) is 4.79 Å². The molecule has 7 nitrogen and oxygen atoms in total. The van der Waals surface area contributed by atoms with Crippen molar-refractivity contribution < 1.29 is 27.5 Å². The summed E-state index contributed by atoms with van der Waals surface area (Å²) in [5.74, 6) is -3.85. The van der Waals surface area contributed by atoms with Gasteiger partial charge in [0.1, 0.15) is 0 Å². The zero-order chi connectivity index (χ0) is 15.8. The molecule has 1 atom stereocenters. The first-order valence-corrected chi connectivity index (χ1v) is 7.73. The molecule has 1 unspecified atom stereocenters. The van der Waals surface area contributed by atoms with Crippen molar-refractivity contribution in [3.8, 4) is 0 Å². The molecule has 1 aliphatic heterocycles. The number of hydrogen-bond acceptors (Lipinski definition) is 4. The highest BCUT2D eigenvalue weighted by Gasteiger charge is 2.34. The molecule has 21 heavy (non-hydrogen) atoms. The van der Waals surface area contributed by atoms with E-state index in [9.17, 15) is 22.4 Å². The lowest BCUT2D eigenvalue weighted by atomic mass is 10.1. The maximum Gasteiger partial charge on any atom is 0.338 e. The Hall–Kier alpha value is -2.00. The smallest absolute Gasteiger partial charge is 0.338 e. The standard InChI is InChI=1S/C12H13FN2O5S/c13-11-8(12(17)18)2-1-3-9(11)15-5-7(4-10(15)16)6-21(14,19)20/h1-3,7H,4-6H2,(H,17,18)(H2,14,19,20). The van der Waals surface area contributed by atoms with E-state index in [-0.39, 0.29) is 24.4 Å². The summed E-state index contributed by atoms with van der Waals surface area (Å²) in [5, 5.41) is 13.8. The summed E-state index contributed by atoms with van der Waals surface area (Å²) in [4.78, 5) is 23.8. The van der Waals surface area contributed by atoms with Gasteiger partial charge in [0.2, 0.25) is 15.9 Å². The Morgan fingerprint density at radius 2 is 2.14 bits per heavy atom. The molecule has 1 amide bonds. The number of anilines is 1. The van der Waals surface area contributed by atoms with Gasteiger partial charge in [-0.25, -0.2) is 22.7 Å². The normalized spacial score (nSPS) is 19.0. The molecule has 1 aliphatic rings. The molecule has 0 spiro atoms. The Morgan fingerprint density at radius 3 is 2.71 bits per heavy atom. The van der Waals surface area contributed by atoms with Crippen LogP contribution < -0.4 is 10.0 Å². The van der Waals surface area contributed by atoms with E-state index >= 15 is 0 Å². The van der Waals surface area contributed by atoms with E-state index in [1.165, 1.54) is 12.1 Å². The Kier molecular flexibility index (Phi) is 3.97. The van der Waals surface area contributed by atoms with Crippen LogP contribution in [0, 0.1) is 11.7 Å². The molecule has 1 heterocycles. The molecule has 0 aliphatic carbocycles. The number of carboxylic acids is 1. The zero-order valence-corrected chi connectivity index (χ0v) is 11.6. The molecule has 2 rings (SSSR count). The minimum Gasteiger partial charge on any atom is -0.478 e. The summed E-state index contributed by atoms with van der Waals surface area (Å²) >= 11 is 0. The highest BCUT2D eigenvalue weighted by atomic mass is 32.2. The van der Waals surface area contributed by atoms with Crippen LogP contribution in [0.4, 0.5) is 10.1 Å². The van der Waals surface area contributed by atoms with Crippen molar-refractivity contribution in [3.05, 3.63) is 29.6 Å². The monoisotopic (exact) mass is 316 g/mol. The minimum absolute atomic E-state index is 0.0186. The van der Waals surface area contributed by atoms with Gasteiger partial charge in [0.25, 0.3) is 0 Å². The van der Waals surface area contributed by atoms with Crippen molar-refractivity contribution in [2.24, 2.45) is 11.1 Å². The van der Waals surface area contributed by atoms with Crippen LogP contribution in [0.1, 0.15) is 16.8 Å². The van der Waals surface area contributed by atoms with Crippen LogP contribution in [-0.2, 0) is 14.8 Å². The summed E-state index contributed by atoms with van der Waals surface area (Å²) in [6.45, 7) is -0.0186. The molecular formula is C12H13FN2O5S. The fourth-order valence-corrected chi connectivity index (χ4v) is 3.23. The number of primary sulfonamides is 1. The topological polar surface area (TPSA) is 118 Å². The van der Waals surface area contributed by atoms with Crippen molar-refractivity contribution >= 4 is 27.6 Å². The van der Waals surface area contributed by atoms with Gasteiger partial charge in [0, 0.05) is 18.9 Å². The lowest BCUT2D eigenvalue weighted by molar-refractivity contribution is -0.117. The summed E-state index contributed by atoms with van der Waals surface area (Å²) in [6.07, 6.45) is -0.0762. The van der Waals surface area contributed by atoms with E-state index in [0.717, 1.165) is 11.0 Å². The summed E-state index contributed by atoms with van der Waals surface area (Å²) in [7, 11) is -3.74. The van der Waals surface area contributed by atoms with Crippen molar-refractivity contribution in [1.82, 2.24) is 0 Å². The first kappa shape index (κ1) is 15.4. The van der Waals surface area contributed by atoms with Gasteiger partial charge < -0.3 is 10.0 Å². The number of nitrogens with zero attached hydrogens (tertiary/aromatic N) is 1. The predicted octanol–water partition coefficient (Wildman–Crippen LogP) is 0.165. The maximum atomic E-state index is 14.1. The van der Waals surface area contributed by atoms with Gasteiger partial charge in [-0.2, -0.15) is 0 Å². The highest BCUT2D eigenvalue weighted by Crippen LogP contribution is 2.29. The molecule has 1 fully saturated rings. The number of carboxylic acid groups (broad SMARTS) is 1. The molecule has 9 heteroatoms. The fraction of sp³-hybridized carbons (Fsp3) is 0.333. The third-order valence-electron chi connectivity index (χ3n) is 3.17. The first-order chi connectivity index (χ1) is 9.69. The quantitative estimate of drug-likeness (QED) is 0.820. The summed E-state index contributed by atoms with van der Waals surface area (Å²) in [6, 6.07) is 3.69. The number of halogens is 1. The number of carbonyl (C=O) groups excluding carboxylic acids is 1. The maximum absolute atomic E-state index is 14.1. The summed E-state index contributed by atoms with van der Waals surface area (Å²) < 4.78 is 36.2. The molecule has 0 saturated carbocycles. The number of hydrogen-bond donors (Lipinski definition) is 2. The zero-order valence-electron chi connectivity index (χ0n) is 10.8. The van der Waals surface area contributed by atoms with Gasteiger partial charge in [-0.05, 0) is 12.1 Å². The van der Waals surface area contributed by atoms with Crippen molar-refractivity contribution in [2.75, 3.05) is 17.2 Å². The molecule has 0 bridgehead atoms. The van der Waals surface area contributed by atoms with E-state index in [2.05, 4.69) is 0 Å². The molecule has 1 saturated heterocycles. The molecule has 0 aromatic heterocycles. The molecule has 0 radical (unpaired) electrons. The highest BCUT2D eigenvalue weighted by molar-refractivity contribution is 7.89. The minimum atomic E-state index is -3.74. The molecule has 114 valence electrons. The number of benzene rings is 1. The Balaban J connectivity index is 2.29. The van der Waals surface area contributed by atoms with Gasteiger partial charge in [-0.15, -0.1) is 0 Å². The number of aromatic carboxylic acids is 1. The number of carbonyl (C=O) groups is 2. The van der Waals surface area contributed by atoms with Gasteiger partial charge in [0.05, 0.1) is 17.0 Å². The first-order valence-electron chi connectivity index (χ1n) is 6.01. The third kappa shape index (κ3) is 3.37. The Morgan fingerprint density at radius 1 is 1.48 bits per heavy atom. The third-order valence-corrected chi connectivity index (χ3v) is 4.11. The summed E-state index contributed by atoms with van der Waals surface area (Å²) in [5.41, 5.74) is -0.716. The second-order valence-electron chi connectivity index (χ2n) is 4.85. The second-order valence-corrected chi connectivity index (χ2v) is 6.51. The van der Waals surface area contributed by atoms with E-state index < -0.39 is 39.2 Å². The average Bonchev–Trinajstić information content (AvgIpc) is 2.67. The van der Waals surface area contributed by atoms with Crippen LogP contribution >= 0.6 is 0 Å². The Bertz CT molecular complexity index is 704. The van der Waals surface area contributed by atoms with Crippen LogP contribution in [0.15, 0.2) is 18.2 Å². The van der Waals surface area contributed by atoms with Gasteiger partial charge in [0.15, 0.2) is 5.82 Å². The second kappa shape index (κ2) is 5.41. The number of nitrogens with two attached hydrogens (primary N) is 1. The van der Waals surface area contributed by atoms with Crippen molar-refractivity contribution in [1.29, 1.82) is 0 Å². The van der Waals surface area contributed by atoms with Crippen LogP contribution in [-0.4, -0.2) is 37.7 Å². The largest absolute Gasteiger partial charge is 0.478 e. The molecule has 3 N–H and O–H groups in total. The van der Waals surface area contributed by atoms with Crippen LogP contribution in [0.3, 0.4) is 0 Å². The number of amides is 1. The number of sulfonamides is 1. The Labute approximate surface area is 120 Å². The SMILES string of the molecule is NS(=O)(=O)CC1CC(=O)N(c2cccc(C(=O)O)c2F)C1. The lowest BCUT2D eigenvalue weighted by Crippen LogP contribution is -2.28. The molecule has 1 aromatic rings. The number of rotatable bonds is 4. The predicted molar refractivity (Wildman–Crippen MR) is 71.8 cm³/mol. The van der Waals surface area contributed by atoms with E-state index in [1.807, 2.05) is 0 Å². The van der Waals surface area contributed by atoms with E-state index in [1.54, 1.807) is 0 Å². The van der Waals surface area contributed by atoms with Crippen LogP contribution in [0.25, 0.3) is 0 Å². The average molecular weight is 316 g/mol. The van der Waals surface area contributed by atoms with E-state index in [0.29, 0.717) is 0 Å².